The van der Waals surface area contributed by atoms with Gasteiger partial charge in [0.05, 0.1) is 24.3 Å². The minimum atomic E-state index is -4.28. The van der Waals surface area contributed by atoms with E-state index < -0.39 is 11.7 Å². The molecule has 3 rings (SSSR count). The van der Waals surface area contributed by atoms with E-state index in [-0.39, 0.29) is 18.2 Å². The van der Waals surface area contributed by atoms with E-state index in [1.165, 1.54) is 12.1 Å². The summed E-state index contributed by atoms with van der Waals surface area (Å²) >= 11 is 1.63. The number of fused-ring (bicyclic) bond motifs is 3. The van der Waals surface area contributed by atoms with Crippen molar-refractivity contribution < 1.29 is 17.9 Å². The van der Waals surface area contributed by atoms with Crippen molar-refractivity contribution in [1.82, 2.24) is 4.31 Å². The topological polar surface area (TPSA) is 12.5 Å². The van der Waals surface area contributed by atoms with Crippen LogP contribution in [0.3, 0.4) is 0 Å². The lowest BCUT2D eigenvalue weighted by atomic mass is 10.0. The first-order valence-corrected chi connectivity index (χ1v) is 7.74. The van der Waals surface area contributed by atoms with Crippen LogP contribution in [0.1, 0.15) is 29.7 Å². The number of nitrogens with zero attached hydrogens (tertiary/aromatic N) is 1. The Kier molecular flexibility index (Phi) is 3.51. The summed E-state index contributed by atoms with van der Waals surface area (Å²) in [5, 5.41) is 0. The van der Waals surface area contributed by atoms with Crippen molar-refractivity contribution in [3.8, 4) is 0 Å². The minimum Gasteiger partial charge on any atom is -0.374 e. The third kappa shape index (κ3) is 2.23. The standard InChI is InChI=1S/C14H16F3NOS/c1-8-7-19-12-6-9-5-10(14(15,16)17)3-4-11(9)13(12)18(8)20-2/h3-5,8,12-13H,6-7H2,1-2H3/t8-,12-,13+/m1/s1. The molecule has 1 aliphatic carbocycles. The van der Waals surface area contributed by atoms with Gasteiger partial charge < -0.3 is 4.74 Å². The van der Waals surface area contributed by atoms with Crippen LogP contribution in [0.4, 0.5) is 13.2 Å². The highest BCUT2D eigenvalue weighted by molar-refractivity contribution is 7.96. The fourth-order valence-electron chi connectivity index (χ4n) is 3.13. The largest absolute Gasteiger partial charge is 0.416 e. The lowest BCUT2D eigenvalue weighted by Gasteiger charge is -2.41. The molecule has 2 aliphatic rings. The lowest BCUT2D eigenvalue weighted by molar-refractivity contribution is -0.137. The second-order valence-electron chi connectivity index (χ2n) is 5.32. The minimum absolute atomic E-state index is 0.0304. The van der Waals surface area contributed by atoms with Crippen LogP contribution in [0.25, 0.3) is 0 Å². The number of hydrogen-bond donors (Lipinski definition) is 0. The Labute approximate surface area is 120 Å². The number of ether oxygens (including phenoxy) is 1. The molecule has 0 saturated carbocycles. The van der Waals surface area contributed by atoms with Gasteiger partial charge in [-0.25, -0.2) is 4.31 Å². The SMILES string of the molecule is CSN1[C@H](C)CO[C@@H]2Cc3cc(C(F)(F)F)ccc3[C@@H]21. The van der Waals surface area contributed by atoms with Crippen LogP contribution < -0.4 is 0 Å². The maximum absolute atomic E-state index is 12.8. The van der Waals surface area contributed by atoms with Gasteiger partial charge in [-0.3, -0.25) is 0 Å². The molecule has 0 N–H and O–H groups in total. The number of benzene rings is 1. The van der Waals surface area contributed by atoms with Gasteiger partial charge in [-0.2, -0.15) is 13.2 Å². The molecule has 0 radical (unpaired) electrons. The number of halogens is 3. The second-order valence-corrected chi connectivity index (χ2v) is 6.11. The molecule has 0 unspecified atom stereocenters. The van der Waals surface area contributed by atoms with Crippen molar-refractivity contribution in [3.63, 3.8) is 0 Å². The predicted molar refractivity (Wildman–Crippen MR) is 72.4 cm³/mol. The van der Waals surface area contributed by atoms with E-state index in [1.54, 1.807) is 18.0 Å². The molecule has 1 aromatic rings. The molecule has 0 bridgehead atoms. The molecule has 6 heteroatoms. The number of hydrogen-bond acceptors (Lipinski definition) is 3. The highest BCUT2D eigenvalue weighted by Crippen LogP contribution is 2.45. The van der Waals surface area contributed by atoms with E-state index in [0.29, 0.717) is 13.0 Å². The van der Waals surface area contributed by atoms with Crippen LogP contribution in [-0.4, -0.2) is 29.3 Å². The third-order valence-corrected chi connectivity index (χ3v) is 5.04. The summed E-state index contributed by atoms with van der Waals surface area (Å²) < 4.78 is 46.4. The van der Waals surface area contributed by atoms with Crippen LogP contribution in [0.2, 0.25) is 0 Å². The lowest BCUT2D eigenvalue weighted by Crippen LogP contribution is -2.45. The van der Waals surface area contributed by atoms with Crippen LogP contribution in [0.5, 0.6) is 0 Å². The number of rotatable bonds is 1. The number of morpholine rings is 1. The normalized spacial score (nSPS) is 30.1. The van der Waals surface area contributed by atoms with E-state index in [0.717, 1.165) is 11.1 Å². The summed E-state index contributed by atoms with van der Waals surface area (Å²) in [5.74, 6) is 0. The molecule has 1 heterocycles. The summed E-state index contributed by atoms with van der Waals surface area (Å²) in [6.45, 7) is 2.71. The first-order valence-electron chi connectivity index (χ1n) is 6.56. The predicted octanol–water partition coefficient (Wildman–Crippen LogP) is 3.67. The molecule has 0 aromatic heterocycles. The van der Waals surface area contributed by atoms with Gasteiger partial charge in [-0.15, -0.1) is 0 Å². The average molecular weight is 303 g/mol. The molecule has 2 nitrogen and oxygen atoms in total. The molecule has 1 fully saturated rings. The van der Waals surface area contributed by atoms with Crippen molar-refractivity contribution >= 4 is 11.9 Å². The zero-order chi connectivity index (χ0) is 14.5. The van der Waals surface area contributed by atoms with Gasteiger partial charge in [0.15, 0.2) is 0 Å². The van der Waals surface area contributed by atoms with Crippen LogP contribution >= 0.6 is 11.9 Å². The van der Waals surface area contributed by atoms with Crippen molar-refractivity contribution in [2.24, 2.45) is 0 Å². The Morgan fingerprint density at radius 1 is 1.35 bits per heavy atom. The van der Waals surface area contributed by atoms with Crippen molar-refractivity contribution in [2.45, 2.75) is 37.7 Å². The second kappa shape index (κ2) is 4.93. The molecular weight excluding hydrogens is 287 g/mol. The van der Waals surface area contributed by atoms with Crippen molar-refractivity contribution in [1.29, 1.82) is 0 Å². The maximum Gasteiger partial charge on any atom is 0.416 e. The first kappa shape index (κ1) is 14.2. The quantitative estimate of drug-likeness (QED) is 0.735. The first-order chi connectivity index (χ1) is 9.41. The van der Waals surface area contributed by atoms with Crippen LogP contribution in [0, 0.1) is 0 Å². The number of alkyl halides is 3. The van der Waals surface area contributed by atoms with E-state index in [4.69, 9.17) is 4.74 Å². The Hall–Kier alpha value is -0.720. The van der Waals surface area contributed by atoms with E-state index in [2.05, 4.69) is 11.2 Å². The fourth-order valence-corrected chi connectivity index (χ4v) is 4.03. The highest BCUT2D eigenvalue weighted by atomic mass is 32.2. The van der Waals surface area contributed by atoms with Gasteiger partial charge in [0, 0.05) is 12.5 Å². The summed E-state index contributed by atoms with van der Waals surface area (Å²) in [6, 6.07) is 4.40. The summed E-state index contributed by atoms with van der Waals surface area (Å²) in [7, 11) is 0. The summed E-state index contributed by atoms with van der Waals surface area (Å²) in [6.07, 6.45) is -1.75. The van der Waals surface area contributed by atoms with Gasteiger partial charge in [-0.1, -0.05) is 18.0 Å². The summed E-state index contributed by atoms with van der Waals surface area (Å²) in [5.41, 5.74) is 1.17. The fraction of sp³-hybridized carbons (Fsp3) is 0.571. The molecule has 3 atom stereocenters. The van der Waals surface area contributed by atoms with E-state index >= 15 is 0 Å². The van der Waals surface area contributed by atoms with E-state index in [1.807, 2.05) is 6.26 Å². The van der Waals surface area contributed by atoms with Gasteiger partial charge in [0.2, 0.25) is 0 Å². The molecule has 0 spiro atoms. The van der Waals surface area contributed by atoms with Crippen molar-refractivity contribution in [3.05, 3.63) is 34.9 Å². The monoisotopic (exact) mass is 303 g/mol. The van der Waals surface area contributed by atoms with Gasteiger partial charge in [0.25, 0.3) is 0 Å². The smallest absolute Gasteiger partial charge is 0.374 e. The molecular formula is C14H16F3NOS. The van der Waals surface area contributed by atoms with Gasteiger partial charge in [0.1, 0.15) is 0 Å². The summed E-state index contributed by atoms with van der Waals surface area (Å²) in [4.78, 5) is 0. The Morgan fingerprint density at radius 2 is 2.10 bits per heavy atom. The molecule has 1 saturated heterocycles. The van der Waals surface area contributed by atoms with Crippen molar-refractivity contribution in [2.75, 3.05) is 12.9 Å². The zero-order valence-corrected chi connectivity index (χ0v) is 12.1. The average Bonchev–Trinajstić information content (AvgIpc) is 2.75. The maximum atomic E-state index is 12.8. The zero-order valence-electron chi connectivity index (χ0n) is 11.3. The molecule has 0 amide bonds. The van der Waals surface area contributed by atoms with Crippen LogP contribution in [-0.2, 0) is 17.3 Å². The molecule has 1 aliphatic heterocycles. The molecule has 20 heavy (non-hydrogen) atoms. The van der Waals surface area contributed by atoms with Crippen LogP contribution in [0.15, 0.2) is 18.2 Å². The Balaban J connectivity index is 1.98. The third-order valence-electron chi connectivity index (χ3n) is 4.03. The molecule has 1 aromatic carbocycles. The highest BCUT2D eigenvalue weighted by Gasteiger charge is 2.43. The Bertz CT molecular complexity index is 520. The van der Waals surface area contributed by atoms with Gasteiger partial charge in [-0.05, 0) is 36.4 Å². The molecule has 110 valence electrons. The Morgan fingerprint density at radius 3 is 2.75 bits per heavy atom. The van der Waals surface area contributed by atoms with E-state index in [9.17, 15) is 13.2 Å². The van der Waals surface area contributed by atoms with Gasteiger partial charge >= 0.3 is 6.18 Å².